The van der Waals surface area contributed by atoms with E-state index in [4.69, 9.17) is 0 Å². The van der Waals surface area contributed by atoms with E-state index >= 15 is 0 Å². The summed E-state index contributed by atoms with van der Waals surface area (Å²) in [6.07, 6.45) is 2.47. The Labute approximate surface area is 127 Å². The molecule has 0 saturated heterocycles. The molecule has 1 aromatic heterocycles. The van der Waals surface area contributed by atoms with E-state index in [1.165, 1.54) is 33.3 Å². The summed E-state index contributed by atoms with van der Waals surface area (Å²) < 4.78 is 1.24. The predicted octanol–water partition coefficient (Wildman–Crippen LogP) is 4.89. The molecule has 2 aromatic rings. The minimum Gasteiger partial charge on any atom is -0.309 e. The fourth-order valence-corrected chi connectivity index (χ4v) is 4.86. The largest absolute Gasteiger partial charge is 0.309 e. The summed E-state index contributed by atoms with van der Waals surface area (Å²) in [5.41, 5.74) is 3.07. The number of likely N-dealkylation sites (N-methyl/N-ethyl adjacent to an activating group) is 1. The first kappa shape index (κ1) is 13.3. The second-order valence-electron chi connectivity index (χ2n) is 5.01. The summed E-state index contributed by atoms with van der Waals surface area (Å²) in [6.45, 7) is 3.20. The van der Waals surface area contributed by atoms with Crippen LogP contribution in [0.4, 0.5) is 0 Å². The van der Waals surface area contributed by atoms with Crippen molar-refractivity contribution >= 4 is 27.3 Å². The maximum atomic E-state index is 3.69. The molecule has 1 nitrogen and oxygen atoms in total. The number of hydrogen-bond donors (Lipinski definition) is 1. The van der Waals surface area contributed by atoms with Crippen LogP contribution in [0, 0.1) is 0 Å². The van der Waals surface area contributed by atoms with Crippen molar-refractivity contribution in [1.29, 1.82) is 0 Å². The molecule has 0 saturated carbocycles. The maximum absolute atomic E-state index is 3.69. The third-order valence-electron chi connectivity index (χ3n) is 3.93. The van der Waals surface area contributed by atoms with Gasteiger partial charge in [0.25, 0.3) is 0 Å². The van der Waals surface area contributed by atoms with Crippen molar-refractivity contribution < 1.29 is 0 Å². The van der Waals surface area contributed by atoms with Gasteiger partial charge in [-0.25, -0.2) is 0 Å². The van der Waals surface area contributed by atoms with E-state index in [-0.39, 0.29) is 0 Å². The van der Waals surface area contributed by atoms with E-state index in [1.54, 1.807) is 0 Å². The third-order valence-corrected chi connectivity index (χ3v) is 5.89. The van der Waals surface area contributed by atoms with E-state index in [0.29, 0.717) is 12.0 Å². The molecule has 1 aliphatic carbocycles. The molecule has 0 radical (unpaired) electrons. The SMILES string of the molecule is CCNC(c1sccc1Br)C1CCc2ccccc21. The second-order valence-corrected chi connectivity index (χ2v) is 6.81. The fourth-order valence-electron chi connectivity index (χ4n) is 3.10. The van der Waals surface area contributed by atoms with Gasteiger partial charge in [0.2, 0.25) is 0 Å². The summed E-state index contributed by atoms with van der Waals surface area (Å²) >= 11 is 5.54. The van der Waals surface area contributed by atoms with Crippen LogP contribution >= 0.6 is 27.3 Å². The van der Waals surface area contributed by atoms with Crippen LogP contribution in [-0.4, -0.2) is 6.54 Å². The number of aryl methyl sites for hydroxylation is 1. The van der Waals surface area contributed by atoms with E-state index in [0.717, 1.165) is 6.54 Å². The zero-order valence-corrected chi connectivity index (χ0v) is 13.4. The predicted molar refractivity (Wildman–Crippen MR) is 85.9 cm³/mol. The average molecular weight is 336 g/mol. The lowest BCUT2D eigenvalue weighted by Gasteiger charge is -2.25. The maximum Gasteiger partial charge on any atom is 0.0495 e. The number of benzene rings is 1. The van der Waals surface area contributed by atoms with Gasteiger partial charge in [0.1, 0.15) is 0 Å². The topological polar surface area (TPSA) is 12.0 Å². The van der Waals surface area contributed by atoms with Crippen LogP contribution in [0.5, 0.6) is 0 Å². The van der Waals surface area contributed by atoms with E-state index in [2.05, 4.69) is 63.9 Å². The summed E-state index contributed by atoms with van der Waals surface area (Å²) in [5.74, 6) is 0.603. The van der Waals surface area contributed by atoms with Crippen LogP contribution < -0.4 is 5.32 Å². The number of halogens is 1. The highest BCUT2D eigenvalue weighted by Gasteiger charge is 2.31. The second kappa shape index (κ2) is 5.78. The monoisotopic (exact) mass is 335 g/mol. The van der Waals surface area contributed by atoms with Crippen LogP contribution in [0.15, 0.2) is 40.2 Å². The van der Waals surface area contributed by atoms with Gasteiger partial charge in [-0.2, -0.15) is 0 Å². The van der Waals surface area contributed by atoms with Crippen LogP contribution in [0.1, 0.15) is 41.3 Å². The van der Waals surface area contributed by atoms with E-state index in [9.17, 15) is 0 Å². The number of fused-ring (bicyclic) bond motifs is 1. The zero-order valence-electron chi connectivity index (χ0n) is 11.0. The lowest BCUT2D eigenvalue weighted by molar-refractivity contribution is 0.458. The van der Waals surface area contributed by atoms with Crippen molar-refractivity contribution in [3.63, 3.8) is 0 Å². The number of thiophene rings is 1. The molecular formula is C16H18BrNS. The quantitative estimate of drug-likeness (QED) is 0.838. The van der Waals surface area contributed by atoms with Gasteiger partial charge in [-0.05, 0) is 57.9 Å². The van der Waals surface area contributed by atoms with Crippen molar-refractivity contribution in [2.75, 3.05) is 6.54 Å². The number of nitrogens with one attached hydrogen (secondary N) is 1. The minimum atomic E-state index is 0.433. The average Bonchev–Trinajstić information content (AvgIpc) is 3.03. The molecule has 0 fully saturated rings. The van der Waals surface area contributed by atoms with Gasteiger partial charge in [-0.15, -0.1) is 11.3 Å². The van der Waals surface area contributed by atoms with Gasteiger partial charge in [-0.3, -0.25) is 0 Å². The smallest absolute Gasteiger partial charge is 0.0495 e. The highest BCUT2D eigenvalue weighted by Crippen LogP contribution is 2.44. The highest BCUT2D eigenvalue weighted by atomic mass is 79.9. The molecule has 2 atom stereocenters. The molecule has 0 aliphatic heterocycles. The molecule has 3 rings (SSSR count). The minimum absolute atomic E-state index is 0.433. The first-order chi connectivity index (χ1) is 9.31. The number of hydrogen-bond acceptors (Lipinski definition) is 2. The summed E-state index contributed by atoms with van der Waals surface area (Å²) in [4.78, 5) is 1.43. The molecule has 1 N–H and O–H groups in total. The molecule has 19 heavy (non-hydrogen) atoms. The van der Waals surface area contributed by atoms with Crippen molar-refractivity contribution in [3.05, 3.63) is 56.2 Å². The fraction of sp³-hybridized carbons (Fsp3) is 0.375. The molecule has 3 heteroatoms. The Morgan fingerprint density at radius 2 is 2.21 bits per heavy atom. The van der Waals surface area contributed by atoms with Gasteiger partial charge in [-0.1, -0.05) is 31.2 Å². The summed E-state index contributed by atoms with van der Waals surface area (Å²) in [5, 5.41) is 5.86. The van der Waals surface area contributed by atoms with Crippen LogP contribution in [0.2, 0.25) is 0 Å². The van der Waals surface area contributed by atoms with Crippen LogP contribution in [-0.2, 0) is 6.42 Å². The van der Waals surface area contributed by atoms with Crippen molar-refractivity contribution in [2.45, 2.75) is 31.7 Å². The first-order valence-corrected chi connectivity index (χ1v) is 8.52. The molecule has 2 unspecified atom stereocenters. The lowest BCUT2D eigenvalue weighted by atomic mass is 9.92. The summed E-state index contributed by atoms with van der Waals surface area (Å²) in [6, 6.07) is 11.5. The first-order valence-electron chi connectivity index (χ1n) is 6.85. The number of rotatable bonds is 4. The van der Waals surface area contributed by atoms with E-state index < -0.39 is 0 Å². The van der Waals surface area contributed by atoms with Crippen molar-refractivity contribution in [3.8, 4) is 0 Å². The zero-order chi connectivity index (χ0) is 13.2. The van der Waals surface area contributed by atoms with E-state index in [1.807, 2.05) is 11.3 Å². The Bertz CT molecular complexity index is 563. The van der Waals surface area contributed by atoms with Gasteiger partial charge in [0.15, 0.2) is 0 Å². The van der Waals surface area contributed by atoms with Crippen molar-refractivity contribution in [1.82, 2.24) is 5.32 Å². The van der Waals surface area contributed by atoms with Crippen LogP contribution in [0.3, 0.4) is 0 Å². The Morgan fingerprint density at radius 1 is 1.37 bits per heavy atom. The third kappa shape index (κ3) is 2.51. The molecule has 100 valence electrons. The Morgan fingerprint density at radius 3 is 2.95 bits per heavy atom. The highest BCUT2D eigenvalue weighted by molar-refractivity contribution is 9.10. The van der Waals surface area contributed by atoms with Gasteiger partial charge in [0.05, 0.1) is 0 Å². The Hall–Kier alpha value is -0.640. The molecule has 0 amide bonds. The van der Waals surface area contributed by atoms with Crippen LogP contribution in [0.25, 0.3) is 0 Å². The molecule has 1 aliphatic rings. The van der Waals surface area contributed by atoms with Gasteiger partial charge < -0.3 is 5.32 Å². The molecular weight excluding hydrogens is 318 g/mol. The lowest BCUT2D eigenvalue weighted by Crippen LogP contribution is -2.25. The molecule has 1 heterocycles. The normalized spacial score (nSPS) is 19.4. The van der Waals surface area contributed by atoms with Gasteiger partial charge >= 0.3 is 0 Å². The van der Waals surface area contributed by atoms with Gasteiger partial charge in [0, 0.05) is 21.3 Å². The van der Waals surface area contributed by atoms with Crippen molar-refractivity contribution in [2.24, 2.45) is 0 Å². The summed E-state index contributed by atoms with van der Waals surface area (Å²) in [7, 11) is 0. The molecule has 0 spiro atoms. The standard InChI is InChI=1S/C16H18BrNS/c1-2-18-15(16-14(17)9-10-19-16)13-8-7-11-5-3-4-6-12(11)13/h3-6,9-10,13,15,18H,2,7-8H2,1H3. The Balaban J connectivity index is 1.96. The molecule has 0 bridgehead atoms. The molecule has 1 aromatic carbocycles. The Kier molecular flexibility index (Phi) is 4.06.